The van der Waals surface area contributed by atoms with Gasteiger partial charge in [0.25, 0.3) is 11.8 Å². The molecule has 6 atom stereocenters. The van der Waals surface area contributed by atoms with E-state index in [0.29, 0.717) is 11.1 Å². The molecule has 37 heavy (non-hydrogen) atoms. The molecular formula is C25H24Cl2N2O8. The smallest absolute Gasteiger partial charge is 0.305 e. The van der Waals surface area contributed by atoms with Crippen molar-refractivity contribution in [1.29, 1.82) is 0 Å². The lowest BCUT2D eigenvalue weighted by Gasteiger charge is -2.50. The third kappa shape index (κ3) is 3.28. The molecular weight excluding hydrogens is 527 g/mol. The van der Waals surface area contributed by atoms with Crippen LogP contribution in [0.4, 0.5) is 0 Å². The van der Waals surface area contributed by atoms with E-state index in [1.807, 2.05) is 0 Å². The minimum Gasteiger partial charge on any atom is -0.504 e. The Bertz CT molecular complexity index is 1300. The quantitative estimate of drug-likeness (QED) is 0.321. The minimum atomic E-state index is -1.95. The summed E-state index contributed by atoms with van der Waals surface area (Å²) < 4.78 is 5.13. The van der Waals surface area contributed by atoms with E-state index in [1.165, 1.54) is 26.3 Å². The van der Waals surface area contributed by atoms with Crippen LogP contribution in [-0.2, 0) is 24.0 Å². The zero-order chi connectivity index (χ0) is 27.0. The second-order valence-electron chi connectivity index (χ2n) is 9.90. The van der Waals surface area contributed by atoms with Gasteiger partial charge in [0.1, 0.15) is 0 Å². The Balaban J connectivity index is 1.66. The normalized spacial score (nSPS) is 34.8. The fourth-order valence-electron chi connectivity index (χ4n) is 6.50. The van der Waals surface area contributed by atoms with E-state index in [4.69, 9.17) is 33.0 Å². The number of carboxylic acid groups (broad SMARTS) is 1. The number of aliphatic carboxylic acids is 1. The van der Waals surface area contributed by atoms with E-state index < -0.39 is 69.4 Å². The lowest BCUT2D eigenvalue weighted by atomic mass is 9.56. The van der Waals surface area contributed by atoms with Crippen molar-refractivity contribution in [1.82, 2.24) is 9.80 Å². The first-order valence-corrected chi connectivity index (χ1v) is 12.5. The van der Waals surface area contributed by atoms with Crippen molar-refractivity contribution in [3.63, 3.8) is 0 Å². The van der Waals surface area contributed by atoms with E-state index in [0.717, 1.165) is 9.80 Å². The summed E-state index contributed by atoms with van der Waals surface area (Å²) in [5.74, 6) is -6.93. The topological polar surface area (TPSA) is 142 Å². The number of ether oxygens (including phenoxy) is 1. The third-order valence-corrected chi connectivity index (χ3v) is 9.60. The molecule has 1 aromatic carbocycles. The number of phenolic OH excluding ortho intramolecular Hbond substituents is 1. The first-order valence-electron chi connectivity index (χ1n) is 11.7. The molecule has 0 bridgehead atoms. The number of rotatable bonds is 5. The number of alkyl halides is 2. The van der Waals surface area contributed by atoms with Gasteiger partial charge in [0.05, 0.1) is 25.4 Å². The summed E-state index contributed by atoms with van der Waals surface area (Å²) in [6.45, 7) is -0.260. The molecule has 2 heterocycles. The number of likely N-dealkylation sites (tertiary alicyclic amines) is 2. The molecule has 196 valence electrons. The monoisotopic (exact) mass is 550 g/mol. The molecule has 2 aliphatic carbocycles. The van der Waals surface area contributed by atoms with E-state index >= 15 is 0 Å². The summed E-state index contributed by atoms with van der Waals surface area (Å²) in [6, 6.07) is 4.49. The van der Waals surface area contributed by atoms with Crippen molar-refractivity contribution in [3.8, 4) is 11.5 Å². The lowest BCUT2D eigenvalue weighted by molar-refractivity contribution is -0.143. The molecule has 0 spiro atoms. The molecule has 3 fully saturated rings. The predicted molar refractivity (Wildman–Crippen MR) is 129 cm³/mol. The predicted octanol–water partition coefficient (Wildman–Crippen LogP) is 1.86. The lowest BCUT2D eigenvalue weighted by Crippen LogP contribution is -2.60. The minimum absolute atomic E-state index is 0.162. The number of nitrogens with zero attached hydrogens (tertiary/aromatic N) is 2. The average molecular weight is 551 g/mol. The number of allylic oxidation sites excluding steroid dienone is 2. The van der Waals surface area contributed by atoms with Gasteiger partial charge in [0.15, 0.2) is 21.2 Å². The number of carboxylic acids is 1. The summed E-state index contributed by atoms with van der Waals surface area (Å²) in [6.07, 6.45) is 1.38. The van der Waals surface area contributed by atoms with Gasteiger partial charge in [0, 0.05) is 19.5 Å². The van der Waals surface area contributed by atoms with Crippen LogP contribution in [0.2, 0.25) is 0 Å². The number of carbonyl (C=O) groups excluding carboxylic acids is 4. The first kappa shape index (κ1) is 25.5. The van der Waals surface area contributed by atoms with E-state index in [2.05, 4.69) is 0 Å². The number of aromatic hydroxyl groups is 1. The number of hydrogen-bond acceptors (Lipinski definition) is 7. The van der Waals surface area contributed by atoms with Crippen LogP contribution in [0, 0.1) is 17.8 Å². The van der Waals surface area contributed by atoms with Crippen molar-refractivity contribution in [3.05, 3.63) is 35.4 Å². The largest absolute Gasteiger partial charge is 0.504 e. The standard InChI is InChI=1S/C25H24Cl2N2O8/c1-28-22(35)24(26)10-14-12(4-5-13-18(14)21(34)29(20(13)33)8-7-17(31)32)19(25(24,27)23(28)36)11-3-6-16(37-2)15(30)9-11/h3-4,6,9,13-14,18-19,30H,5,7-8,10H2,1-2H3,(H,31,32)/t13-,14+,18-,19-,24+,25-/m0/s1. The molecule has 2 saturated heterocycles. The maximum Gasteiger partial charge on any atom is 0.305 e. The summed E-state index contributed by atoms with van der Waals surface area (Å²) in [5, 5.41) is 19.6. The van der Waals surface area contributed by atoms with Crippen LogP contribution in [0.1, 0.15) is 30.7 Å². The molecule has 5 rings (SSSR count). The van der Waals surface area contributed by atoms with Crippen LogP contribution in [0.25, 0.3) is 0 Å². The highest BCUT2D eigenvalue weighted by molar-refractivity contribution is 6.53. The first-order chi connectivity index (χ1) is 17.4. The van der Waals surface area contributed by atoms with Crippen molar-refractivity contribution >= 4 is 52.8 Å². The Kier molecular flexibility index (Phi) is 5.84. The van der Waals surface area contributed by atoms with Gasteiger partial charge in [-0.25, -0.2) is 0 Å². The molecule has 4 amide bonds. The van der Waals surface area contributed by atoms with Gasteiger partial charge in [-0.05, 0) is 36.5 Å². The summed E-state index contributed by atoms with van der Waals surface area (Å²) >= 11 is 14.1. The zero-order valence-corrected chi connectivity index (χ0v) is 21.5. The number of benzene rings is 1. The van der Waals surface area contributed by atoms with Gasteiger partial charge in [-0.1, -0.05) is 17.7 Å². The van der Waals surface area contributed by atoms with E-state index in [9.17, 15) is 29.1 Å². The van der Waals surface area contributed by atoms with Crippen molar-refractivity contribution in [2.24, 2.45) is 17.8 Å². The Morgan fingerprint density at radius 3 is 2.46 bits per heavy atom. The van der Waals surface area contributed by atoms with Gasteiger partial charge in [-0.15, -0.1) is 23.2 Å². The third-order valence-electron chi connectivity index (χ3n) is 8.19. The molecule has 0 unspecified atom stereocenters. The molecule has 4 aliphatic rings. The van der Waals surface area contributed by atoms with Crippen LogP contribution < -0.4 is 4.74 Å². The number of amides is 4. The van der Waals surface area contributed by atoms with E-state index in [1.54, 1.807) is 12.1 Å². The molecule has 10 nitrogen and oxygen atoms in total. The van der Waals surface area contributed by atoms with Crippen LogP contribution >= 0.6 is 23.2 Å². The Labute approximate surface area is 221 Å². The van der Waals surface area contributed by atoms with Gasteiger partial charge in [-0.2, -0.15) is 0 Å². The molecule has 2 aliphatic heterocycles. The maximum atomic E-state index is 13.5. The van der Waals surface area contributed by atoms with E-state index in [-0.39, 0.29) is 30.9 Å². The van der Waals surface area contributed by atoms with Crippen molar-refractivity contribution in [2.75, 3.05) is 20.7 Å². The van der Waals surface area contributed by atoms with Crippen LogP contribution in [0.5, 0.6) is 11.5 Å². The molecule has 1 aromatic rings. The molecule has 0 aromatic heterocycles. The zero-order valence-electron chi connectivity index (χ0n) is 19.9. The number of hydrogen-bond donors (Lipinski definition) is 2. The summed E-state index contributed by atoms with van der Waals surface area (Å²) in [5.41, 5.74) is 0.971. The number of fused-ring (bicyclic) bond motifs is 4. The van der Waals surface area contributed by atoms with Crippen LogP contribution in [0.15, 0.2) is 29.8 Å². The Morgan fingerprint density at radius 2 is 1.84 bits per heavy atom. The van der Waals surface area contributed by atoms with Gasteiger partial charge in [0.2, 0.25) is 11.8 Å². The fourth-order valence-corrected chi connectivity index (χ4v) is 7.52. The van der Waals surface area contributed by atoms with Gasteiger partial charge < -0.3 is 14.9 Å². The highest BCUT2D eigenvalue weighted by Gasteiger charge is 2.75. The Morgan fingerprint density at radius 1 is 1.14 bits per heavy atom. The highest BCUT2D eigenvalue weighted by Crippen LogP contribution is 2.65. The van der Waals surface area contributed by atoms with Crippen LogP contribution in [-0.4, -0.2) is 80.1 Å². The molecule has 0 radical (unpaired) electrons. The number of imide groups is 2. The van der Waals surface area contributed by atoms with Crippen molar-refractivity contribution < 1.29 is 38.9 Å². The summed E-state index contributed by atoms with van der Waals surface area (Å²) in [7, 11) is 2.67. The number of carbonyl (C=O) groups is 5. The Hall–Kier alpha value is -3.11. The second-order valence-corrected chi connectivity index (χ2v) is 11.1. The molecule has 1 saturated carbocycles. The fraction of sp³-hybridized carbons (Fsp3) is 0.480. The van der Waals surface area contributed by atoms with Crippen LogP contribution in [0.3, 0.4) is 0 Å². The summed E-state index contributed by atoms with van der Waals surface area (Å²) in [4.78, 5) is 62.4. The molecule has 12 heteroatoms. The van der Waals surface area contributed by atoms with Gasteiger partial charge in [-0.3, -0.25) is 33.8 Å². The number of phenols is 1. The second kappa shape index (κ2) is 8.46. The van der Waals surface area contributed by atoms with Gasteiger partial charge >= 0.3 is 5.97 Å². The number of methoxy groups -OCH3 is 1. The van der Waals surface area contributed by atoms with Crippen molar-refractivity contribution in [2.45, 2.75) is 34.9 Å². The highest BCUT2D eigenvalue weighted by atomic mass is 35.5. The average Bonchev–Trinajstić information content (AvgIpc) is 3.17. The maximum absolute atomic E-state index is 13.5. The molecule has 2 N–H and O–H groups in total. The SMILES string of the molecule is COc1ccc([C@H]2C3=CC[C@@H]4C(=O)N(CCC(=O)O)C(=O)[C@@H]4[C@@H]3C[C@@]3(Cl)C(=O)N(C)C(=O)[C@@]23Cl)cc1O. The number of halogens is 2.